The Bertz CT molecular complexity index is 1120. The SMILES string of the molecule is CN1CCN(c2ccc(NC(=O)c3cccc(OCc4ccccc4C#N)c3)cn2)CC1. The molecule has 1 saturated heterocycles. The van der Waals surface area contributed by atoms with Crippen molar-refractivity contribution in [2.24, 2.45) is 0 Å². The summed E-state index contributed by atoms with van der Waals surface area (Å²) in [6, 6.07) is 20.3. The van der Waals surface area contributed by atoms with Crippen LogP contribution in [0.5, 0.6) is 5.75 Å². The molecule has 32 heavy (non-hydrogen) atoms. The van der Waals surface area contributed by atoms with Crippen LogP contribution in [-0.4, -0.2) is 49.0 Å². The highest BCUT2D eigenvalue weighted by Gasteiger charge is 2.15. The molecule has 1 aliphatic heterocycles. The number of carbonyl (C=O) groups excluding carboxylic acids is 1. The number of nitriles is 1. The number of carbonyl (C=O) groups is 1. The smallest absolute Gasteiger partial charge is 0.255 e. The first-order chi connectivity index (χ1) is 15.6. The molecular weight excluding hydrogens is 402 g/mol. The Hall–Kier alpha value is -3.89. The zero-order chi connectivity index (χ0) is 22.3. The quantitative estimate of drug-likeness (QED) is 0.648. The van der Waals surface area contributed by atoms with E-state index in [0.29, 0.717) is 22.6 Å². The molecule has 1 aromatic heterocycles. The van der Waals surface area contributed by atoms with Crippen LogP contribution in [0, 0.1) is 11.3 Å². The normalized spacial score (nSPS) is 13.9. The summed E-state index contributed by atoms with van der Waals surface area (Å²) in [5.74, 6) is 1.25. The van der Waals surface area contributed by atoms with Gasteiger partial charge in [0.1, 0.15) is 18.2 Å². The topological polar surface area (TPSA) is 81.5 Å². The molecule has 2 aromatic carbocycles. The Morgan fingerprint density at radius 3 is 2.66 bits per heavy atom. The number of nitrogens with one attached hydrogen (secondary N) is 1. The van der Waals surface area contributed by atoms with E-state index >= 15 is 0 Å². The molecule has 0 saturated carbocycles. The highest BCUT2D eigenvalue weighted by atomic mass is 16.5. The number of likely N-dealkylation sites (N-methyl/N-ethyl adjacent to an activating group) is 1. The minimum Gasteiger partial charge on any atom is -0.489 e. The minimum atomic E-state index is -0.234. The van der Waals surface area contributed by atoms with E-state index in [1.165, 1.54) is 0 Å². The monoisotopic (exact) mass is 427 g/mol. The Morgan fingerprint density at radius 2 is 1.91 bits per heavy atom. The Morgan fingerprint density at radius 1 is 1.09 bits per heavy atom. The van der Waals surface area contributed by atoms with E-state index in [0.717, 1.165) is 37.6 Å². The third-order valence-corrected chi connectivity index (χ3v) is 5.46. The lowest BCUT2D eigenvalue weighted by Gasteiger charge is -2.33. The summed E-state index contributed by atoms with van der Waals surface area (Å²) in [5.41, 5.74) is 2.51. The van der Waals surface area contributed by atoms with E-state index in [-0.39, 0.29) is 12.5 Å². The number of ether oxygens (including phenoxy) is 1. The molecule has 0 spiro atoms. The van der Waals surface area contributed by atoms with Crippen molar-refractivity contribution in [3.8, 4) is 11.8 Å². The first kappa shape index (κ1) is 21.3. The van der Waals surface area contributed by atoms with Crippen LogP contribution in [0.15, 0.2) is 66.9 Å². The Labute approximate surface area is 187 Å². The number of aromatic nitrogens is 1. The first-order valence-corrected chi connectivity index (χ1v) is 10.5. The van der Waals surface area contributed by atoms with E-state index in [9.17, 15) is 10.1 Å². The molecule has 0 unspecified atom stereocenters. The molecule has 0 atom stereocenters. The molecule has 3 aromatic rings. The molecule has 1 aliphatic rings. The third-order valence-electron chi connectivity index (χ3n) is 5.46. The molecule has 1 N–H and O–H groups in total. The summed E-state index contributed by atoms with van der Waals surface area (Å²) in [4.78, 5) is 21.8. The highest BCUT2D eigenvalue weighted by Crippen LogP contribution is 2.19. The van der Waals surface area contributed by atoms with Crippen molar-refractivity contribution in [2.75, 3.05) is 43.4 Å². The Kier molecular flexibility index (Phi) is 6.63. The zero-order valence-corrected chi connectivity index (χ0v) is 18.0. The van der Waals surface area contributed by atoms with Crippen LogP contribution in [0.25, 0.3) is 0 Å². The van der Waals surface area contributed by atoms with E-state index in [1.807, 2.05) is 30.3 Å². The van der Waals surface area contributed by atoms with E-state index in [2.05, 4.69) is 33.2 Å². The van der Waals surface area contributed by atoms with Gasteiger partial charge in [-0.25, -0.2) is 4.98 Å². The van der Waals surface area contributed by atoms with Crippen LogP contribution >= 0.6 is 0 Å². The molecule has 2 heterocycles. The second kappa shape index (κ2) is 9.94. The predicted molar refractivity (Wildman–Crippen MR) is 124 cm³/mol. The van der Waals surface area contributed by atoms with E-state index in [1.54, 1.807) is 36.5 Å². The molecule has 7 heteroatoms. The lowest BCUT2D eigenvalue weighted by Crippen LogP contribution is -2.44. The highest BCUT2D eigenvalue weighted by molar-refractivity contribution is 6.04. The van der Waals surface area contributed by atoms with Crippen LogP contribution in [0.2, 0.25) is 0 Å². The second-order valence-corrected chi connectivity index (χ2v) is 7.73. The van der Waals surface area contributed by atoms with Gasteiger partial charge in [0, 0.05) is 37.3 Å². The second-order valence-electron chi connectivity index (χ2n) is 7.73. The fraction of sp³-hybridized carbons (Fsp3) is 0.240. The number of benzene rings is 2. The number of amides is 1. The lowest BCUT2D eigenvalue weighted by molar-refractivity contribution is 0.102. The zero-order valence-electron chi connectivity index (χ0n) is 18.0. The molecule has 7 nitrogen and oxygen atoms in total. The number of nitrogens with zero attached hydrogens (tertiary/aromatic N) is 4. The van der Waals surface area contributed by atoms with Crippen LogP contribution in [0.4, 0.5) is 11.5 Å². The molecule has 1 fully saturated rings. The minimum absolute atomic E-state index is 0.234. The third kappa shape index (κ3) is 5.23. The van der Waals surface area contributed by atoms with Gasteiger partial charge in [0.2, 0.25) is 0 Å². The van der Waals surface area contributed by atoms with Crippen LogP contribution in [0.1, 0.15) is 21.5 Å². The van der Waals surface area contributed by atoms with Crippen molar-refractivity contribution in [3.05, 3.63) is 83.6 Å². The molecule has 4 rings (SSSR count). The van der Waals surface area contributed by atoms with Crippen molar-refractivity contribution in [3.63, 3.8) is 0 Å². The van der Waals surface area contributed by atoms with Gasteiger partial charge in [-0.2, -0.15) is 5.26 Å². The standard InChI is InChI=1S/C25H25N5O2/c1-29-11-13-30(14-12-29)24-10-9-22(17-27-24)28-25(31)19-7-4-8-23(15-19)32-18-21-6-3-2-5-20(21)16-26/h2-10,15,17H,11-14,18H2,1H3,(H,28,31). The molecule has 1 amide bonds. The summed E-state index contributed by atoms with van der Waals surface area (Å²) < 4.78 is 5.81. The largest absolute Gasteiger partial charge is 0.489 e. The maximum absolute atomic E-state index is 12.7. The summed E-state index contributed by atoms with van der Waals surface area (Å²) in [7, 11) is 2.12. The molecule has 162 valence electrons. The summed E-state index contributed by atoms with van der Waals surface area (Å²) in [6.45, 7) is 4.18. The number of piperazine rings is 1. The van der Waals surface area contributed by atoms with Crippen LogP contribution < -0.4 is 15.0 Å². The lowest BCUT2D eigenvalue weighted by atomic mass is 10.1. The van der Waals surface area contributed by atoms with Crippen LogP contribution in [0.3, 0.4) is 0 Å². The summed E-state index contributed by atoms with van der Waals surface area (Å²) in [6.07, 6.45) is 1.69. The molecular formula is C25H25N5O2. The first-order valence-electron chi connectivity index (χ1n) is 10.5. The Balaban J connectivity index is 1.37. The van der Waals surface area contributed by atoms with Gasteiger partial charge in [-0.3, -0.25) is 4.79 Å². The maximum Gasteiger partial charge on any atom is 0.255 e. The van der Waals surface area contributed by atoms with Gasteiger partial charge in [-0.05, 0) is 43.4 Å². The van der Waals surface area contributed by atoms with Gasteiger partial charge in [-0.15, -0.1) is 0 Å². The average molecular weight is 428 g/mol. The molecule has 0 aliphatic carbocycles. The van der Waals surface area contributed by atoms with Gasteiger partial charge in [0.05, 0.1) is 23.5 Å². The number of hydrogen-bond acceptors (Lipinski definition) is 6. The predicted octanol–water partition coefficient (Wildman–Crippen LogP) is 3.54. The van der Waals surface area contributed by atoms with Crippen molar-refractivity contribution in [2.45, 2.75) is 6.61 Å². The van der Waals surface area contributed by atoms with E-state index < -0.39 is 0 Å². The van der Waals surface area contributed by atoms with E-state index in [4.69, 9.17) is 4.74 Å². The summed E-state index contributed by atoms with van der Waals surface area (Å²) in [5, 5.41) is 12.1. The number of anilines is 2. The molecule has 0 bridgehead atoms. The van der Waals surface area contributed by atoms with Gasteiger partial charge < -0.3 is 19.9 Å². The van der Waals surface area contributed by atoms with Crippen molar-refractivity contribution in [1.29, 1.82) is 5.26 Å². The molecule has 0 radical (unpaired) electrons. The van der Waals surface area contributed by atoms with Crippen molar-refractivity contribution >= 4 is 17.4 Å². The fourth-order valence-electron chi connectivity index (χ4n) is 3.53. The van der Waals surface area contributed by atoms with Gasteiger partial charge in [0.25, 0.3) is 5.91 Å². The number of rotatable bonds is 6. The van der Waals surface area contributed by atoms with Gasteiger partial charge in [-0.1, -0.05) is 24.3 Å². The number of hydrogen-bond donors (Lipinski definition) is 1. The average Bonchev–Trinajstić information content (AvgIpc) is 2.84. The van der Waals surface area contributed by atoms with Gasteiger partial charge >= 0.3 is 0 Å². The summed E-state index contributed by atoms with van der Waals surface area (Å²) >= 11 is 0. The van der Waals surface area contributed by atoms with Crippen molar-refractivity contribution < 1.29 is 9.53 Å². The maximum atomic E-state index is 12.7. The van der Waals surface area contributed by atoms with Crippen molar-refractivity contribution in [1.82, 2.24) is 9.88 Å². The van der Waals surface area contributed by atoms with Gasteiger partial charge in [0.15, 0.2) is 0 Å². The van der Waals surface area contributed by atoms with Crippen LogP contribution in [-0.2, 0) is 6.61 Å². The number of pyridine rings is 1. The fourth-order valence-corrected chi connectivity index (χ4v) is 3.53.